The predicted molar refractivity (Wildman–Crippen MR) is 360 cm³/mol. The minimum absolute atomic E-state index is 0.0190. The molecule has 3 fully saturated rings. The number of rotatable bonds is 17. The highest BCUT2D eigenvalue weighted by Crippen LogP contribution is 2.38. The molecule has 31 heteroatoms. The third-order valence-corrected chi connectivity index (χ3v) is 17.5. The molecule has 0 bridgehead atoms. The summed E-state index contributed by atoms with van der Waals surface area (Å²) in [6.07, 6.45) is 14.8. The van der Waals surface area contributed by atoms with Gasteiger partial charge in [-0.05, 0) is 69.7 Å². The maximum absolute atomic E-state index is 12.1. The smallest absolute Gasteiger partial charge is 0.360 e. The monoisotopic (exact) mass is 1550 g/mol. The fraction of sp³-hybridized carbons (Fsp3) is 0.414. The number of aromatic nitrogens is 14. The van der Waals surface area contributed by atoms with Crippen molar-refractivity contribution in [1.29, 1.82) is 0 Å². The normalized spacial score (nSPS) is 16.2. The molecule has 28 nitrogen and oxygen atoms in total. The van der Waals surface area contributed by atoms with Crippen molar-refractivity contribution in [2.45, 2.75) is 84.0 Å². The molecule has 0 saturated carbocycles. The molecule has 5 N–H and O–H groups in total. The predicted octanol–water partition coefficient (Wildman–Crippen LogP) is 10.2. The Morgan fingerprint density at radius 2 is 1.24 bits per heavy atom. The summed E-state index contributed by atoms with van der Waals surface area (Å²) in [5, 5.41) is 17.8. The Labute approximate surface area is 552 Å². The van der Waals surface area contributed by atoms with Crippen molar-refractivity contribution >= 4 is 159 Å². The summed E-state index contributed by atoms with van der Waals surface area (Å²) in [5.74, 6) is 3.17. The zero-order chi connectivity index (χ0) is 62.0. The van der Waals surface area contributed by atoms with Crippen LogP contribution in [0.4, 0.5) is 35.3 Å². The molecule has 0 aliphatic carbocycles. The molecular formula is C58H66I3N21O7. The molecular weight excluding hydrogens is 1480 g/mol. The van der Waals surface area contributed by atoms with Gasteiger partial charge in [0.25, 0.3) is 17.9 Å². The van der Waals surface area contributed by atoms with Gasteiger partial charge in [-0.1, -0.05) is 113 Å². The standard InChI is InChI=1S/C31H36N10O4.C24H25N11O3.C3H5I3/c1-3-21(35-27-25-29(33-18-32-27)41(19-34-25)24-11-7-8-16-44-24)26-36-22-10-6-5-9-20(22)28(38-26)39-12-14-40(15-13-39)31-37-23(17-45-31)30(42)43-4-2;1-2-15(29-21-18-20(26-12-25-18)27-13-28-21)19-30-16-6-4-3-5-14(16)22(32-19)34-7-9-35(10-8-34)24-31-17(11-38-24)23(36)33-37;1-2-3(4,5)6/h5-6,9-10,17-19,21,24H,3-4,7-8,11-16H2,1-2H3,(H,32,33,35);3-6,11-13,15,37H,2,7-10H2,1H3,(H,33,36)(H2,25,26,27,28,29);2H2,1H3/t21-,24?;15-;/m00./s1. The van der Waals surface area contributed by atoms with Crippen molar-refractivity contribution < 1.29 is 33.1 Å². The molecule has 10 aromatic rings. The van der Waals surface area contributed by atoms with E-state index in [1.165, 1.54) is 25.3 Å². The highest BCUT2D eigenvalue weighted by Gasteiger charge is 2.30. The van der Waals surface area contributed by atoms with E-state index in [0.29, 0.717) is 98.3 Å². The van der Waals surface area contributed by atoms with E-state index < -0.39 is 11.9 Å². The number of carbonyl (C=O) groups is 2. The van der Waals surface area contributed by atoms with Gasteiger partial charge in [-0.3, -0.25) is 14.6 Å². The van der Waals surface area contributed by atoms with E-state index in [4.69, 9.17) is 43.5 Å². The molecule has 89 heavy (non-hydrogen) atoms. The molecule has 3 aliphatic heterocycles. The van der Waals surface area contributed by atoms with Gasteiger partial charge in [0, 0.05) is 69.7 Å². The molecule has 2 aromatic carbocycles. The highest BCUT2D eigenvalue weighted by atomic mass is 127. The second-order valence-corrected chi connectivity index (χ2v) is 32.6. The Balaban J connectivity index is 0.000000170. The molecule has 3 atom stereocenters. The summed E-state index contributed by atoms with van der Waals surface area (Å²) >= 11 is 7.24. The van der Waals surface area contributed by atoms with Crippen LogP contribution in [0.1, 0.15) is 117 Å². The Bertz CT molecular complexity index is 4030. The van der Waals surface area contributed by atoms with Gasteiger partial charge in [-0.15, -0.1) is 0 Å². The summed E-state index contributed by atoms with van der Waals surface area (Å²) in [5.41, 5.74) is 6.25. The van der Waals surface area contributed by atoms with Gasteiger partial charge in [0.1, 0.15) is 48.0 Å². The number of piperazine rings is 2. The summed E-state index contributed by atoms with van der Waals surface area (Å²) < 4.78 is 24.6. The van der Waals surface area contributed by atoms with Gasteiger partial charge in [0.15, 0.2) is 51.5 Å². The fourth-order valence-electron chi connectivity index (χ4n) is 10.5. The number of hydrogen-bond acceptors (Lipinski definition) is 25. The average Bonchev–Trinajstić information content (AvgIpc) is 2.01. The number of halogens is 3. The number of hydroxylamine groups is 1. The first kappa shape index (κ1) is 63.1. The van der Waals surface area contributed by atoms with Crippen LogP contribution in [0.15, 0.2) is 95.2 Å². The average molecular weight is 1550 g/mol. The number of esters is 1. The van der Waals surface area contributed by atoms with E-state index in [9.17, 15) is 9.59 Å². The van der Waals surface area contributed by atoms with Crippen LogP contribution in [0.2, 0.25) is 0 Å². The molecule has 0 radical (unpaired) electrons. The van der Waals surface area contributed by atoms with Gasteiger partial charge in [-0.2, -0.15) is 9.97 Å². The summed E-state index contributed by atoms with van der Waals surface area (Å²) in [7, 11) is 0. The number of carbonyl (C=O) groups excluding carboxylic acids is 2. The van der Waals surface area contributed by atoms with Gasteiger partial charge in [-0.25, -0.2) is 60.1 Å². The molecule has 11 heterocycles. The third kappa shape index (κ3) is 14.7. The van der Waals surface area contributed by atoms with Crippen LogP contribution in [-0.4, -0.2) is 151 Å². The number of imidazole rings is 2. The number of anilines is 6. The first-order valence-corrected chi connectivity index (χ1v) is 32.7. The Kier molecular flexibility index (Phi) is 20.5. The first-order valence-electron chi connectivity index (χ1n) is 29.4. The van der Waals surface area contributed by atoms with Crippen LogP contribution in [0.5, 0.6) is 0 Å². The number of para-hydroxylation sites is 2. The minimum atomic E-state index is -0.715. The lowest BCUT2D eigenvalue weighted by atomic mass is 10.1. The molecule has 8 aromatic heterocycles. The highest BCUT2D eigenvalue weighted by molar-refractivity contribution is 14.3. The first-order chi connectivity index (χ1) is 43.3. The van der Waals surface area contributed by atoms with Crippen molar-refractivity contribution in [3.05, 3.63) is 109 Å². The Morgan fingerprint density at radius 3 is 1.80 bits per heavy atom. The van der Waals surface area contributed by atoms with E-state index in [1.54, 1.807) is 31.4 Å². The third-order valence-electron chi connectivity index (χ3n) is 15.2. The zero-order valence-electron chi connectivity index (χ0n) is 49.3. The van der Waals surface area contributed by atoms with Crippen LogP contribution in [0.25, 0.3) is 44.1 Å². The van der Waals surface area contributed by atoms with Crippen molar-refractivity contribution in [2.75, 3.05) is 95.8 Å². The number of aromatic amines is 1. The number of alkyl halides is 3. The molecule has 466 valence electrons. The van der Waals surface area contributed by atoms with Crippen molar-refractivity contribution in [3.8, 4) is 0 Å². The lowest BCUT2D eigenvalue weighted by molar-refractivity contribution is -0.0298. The van der Waals surface area contributed by atoms with Gasteiger partial charge < -0.3 is 53.5 Å². The van der Waals surface area contributed by atoms with E-state index in [0.717, 1.165) is 83.3 Å². The van der Waals surface area contributed by atoms with E-state index in [1.807, 2.05) is 56.8 Å². The van der Waals surface area contributed by atoms with Crippen LogP contribution >= 0.6 is 67.8 Å². The van der Waals surface area contributed by atoms with Crippen molar-refractivity contribution in [3.63, 3.8) is 0 Å². The SMILES string of the molecule is CCC(I)(I)I.CCOC(=O)c1coc(N2CCN(c3nc([C@H](CC)Nc4ncnc5c4ncn5C4CCCCO4)nc4ccccc34)CC2)n1.CC[C@H](Nc1ncnc2nc[nH]c12)c1nc(N2CCN(c3nc(C(=O)NO)co3)CC2)c2ccccc2n1. The fourth-order valence-corrected chi connectivity index (χ4v) is 10.5. The second-order valence-electron chi connectivity index (χ2n) is 20.9. The van der Waals surface area contributed by atoms with Crippen LogP contribution in [0.3, 0.4) is 0 Å². The van der Waals surface area contributed by atoms with E-state index >= 15 is 0 Å². The molecule has 3 saturated heterocycles. The number of nitrogens with zero attached hydrogens (tertiary/aromatic N) is 17. The molecule has 1 amide bonds. The number of H-pyrrole nitrogens is 1. The van der Waals surface area contributed by atoms with Crippen LogP contribution in [0, 0.1) is 0 Å². The molecule has 0 spiro atoms. The number of hydrogen-bond donors (Lipinski definition) is 5. The quantitative estimate of drug-likeness (QED) is 0.0186. The number of oxazole rings is 2. The van der Waals surface area contributed by atoms with Crippen molar-refractivity contribution in [2.24, 2.45) is 0 Å². The van der Waals surface area contributed by atoms with E-state index in [-0.39, 0.29) is 36.3 Å². The molecule has 1 unspecified atom stereocenters. The number of benzene rings is 2. The van der Waals surface area contributed by atoms with Crippen molar-refractivity contribution in [1.82, 2.24) is 74.8 Å². The van der Waals surface area contributed by atoms with Gasteiger partial charge in [0.2, 0.25) is 0 Å². The Morgan fingerprint density at radius 1 is 0.685 bits per heavy atom. The number of nitrogens with one attached hydrogen (secondary N) is 4. The molecule has 3 aliphatic rings. The maximum atomic E-state index is 12.1. The number of fused-ring (bicyclic) bond motifs is 4. The van der Waals surface area contributed by atoms with Crippen LogP contribution in [-0.2, 0) is 9.47 Å². The lowest BCUT2D eigenvalue weighted by Gasteiger charge is -2.35. The van der Waals surface area contributed by atoms with Crippen LogP contribution < -0.4 is 35.7 Å². The summed E-state index contributed by atoms with van der Waals surface area (Å²) in [6.45, 7) is 14.4. The topological polar surface area (TPSA) is 324 Å². The number of ether oxygens (including phenoxy) is 2. The number of amides is 1. The summed E-state index contributed by atoms with van der Waals surface area (Å²) in [4.78, 5) is 90.4. The lowest BCUT2D eigenvalue weighted by Crippen LogP contribution is -2.47. The van der Waals surface area contributed by atoms with E-state index in [2.05, 4.69) is 160 Å². The maximum Gasteiger partial charge on any atom is 0.360 e. The Hall–Kier alpha value is -7.51. The molecule has 13 rings (SSSR count). The summed E-state index contributed by atoms with van der Waals surface area (Å²) in [6, 6.07) is 16.4. The van der Waals surface area contributed by atoms with Gasteiger partial charge in [0.05, 0.1) is 42.4 Å². The minimum Gasteiger partial charge on any atom is -0.461 e. The van der Waals surface area contributed by atoms with Gasteiger partial charge >= 0.3 is 5.97 Å². The zero-order valence-corrected chi connectivity index (χ0v) is 55.7. The second kappa shape index (κ2) is 29.0. The largest absolute Gasteiger partial charge is 0.461 e.